The molecule has 0 aliphatic heterocycles. The van der Waals surface area contributed by atoms with Crippen LogP contribution in [0.3, 0.4) is 0 Å². The smallest absolute Gasteiger partial charge is 0.288 e. The summed E-state index contributed by atoms with van der Waals surface area (Å²) in [6.07, 6.45) is 0. The highest BCUT2D eigenvalue weighted by Crippen LogP contribution is 2.22. The van der Waals surface area contributed by atoms with Gasteiger partial charge in [0.1, 0.15) is 5.75 Å². The maximum absolute atomic E-state index is 11.4. The van der Waals surface area contributed by atoms with Gasteiger partial charge in [-0.25, -0.2) is 9.67 Å². The molecule has 23 heavy (non-hydrogen) atoms. The maximum atomic E-state index is 11.4. The summed E-state index contributed by atoms with van der Waals surface area (Å²) in [5, 5.41) is 4.22. The number of carbonyl (C=O) groups excluding carboxylic acids is 1. The maximum Gasteiger partial charge on any atom is 0.288 e. The van der Waals surface area contributed by atoms with Crippen molar-refractivity contribution in [3.63, 3.8) is 0 Å². The number of primary amides is 1. The first kappa shape index (κ1) is 14.8. The third-order valence-corrected chi connectivity index (χ3v) is 3.25. The highest BCUT2D eigenvalue weighted by molar-refractivity contribution is 5.89. The predicted molar refractivity (Wildman–Crippen MR) is 86.5 cm³/mol. The van der Waals surface area contributed by atoms with Crippen LogP contribution in [0.4, 0.5) is 0 Å². The Kier molecular flexibility index (Phi) is 4.05. The van der Waals surface area contributed by atoms with Gasteiger partial charge < -0.3 is 10.5 Å². The Morgan fingerprint density at radius 2 is 1.83 bits per heavy atom. The Bertz CT molecular complexity index is 810. The minimum Gasteiger partial charge on any atom is -0.494 e. The first-order chi connectivity index (χ1) is 11.2. The van der Waals surface area contributed by atoms with Crippen LogP contribution in [0, 0.1) is 0 Å². The Morgan fingerprint density at radius 3 is 2.43 bits per heavy atom. The van der Waals surface area contributed by atoms with Gasteiger partial charge in [-0.1, -0.05) is 30.3 Å². The molecule has 1 aromatic heterocycles. The van der Waals surface area contributed by atoms with E-state index in [2.05, 4.69) is 10.1 Å². The van der Waals surface area contributed by atoms with Crippen LogP contribution in [0.2, 0.25) is 0 Å². The van der Waals surface area contributed by atoms with Gasteiger partial charge in [0.2, 0.25) is 5.82 Å². The predicted octanol–water partition coefficient (Wildman–Crippen LogP) is 2.43. The van der Waals surface area contributed by atoms with E-state index in [1.165, 1.54) is 0 Å². The zero-order valence-electron chi connectivity index (χ0n) is 12.6. The second-order valence-electron chi connectivity index (χ2n) is 4.83. The van der Waals surface area contributed by atoms with E-state index in [9.17, 15) is 4.79 Å². The fourth-order valence-electron chi connectivity index (χ4n) is 2.22. The van der Waals surface area contributed by atoms with Crippen LogP contribution in [0.1, 0.15) is 17.5 Å². The van der Waals surface area contributed by atoms with Crippen LogP contribution in [0.5, 0.6) is 5.75 Å². The van der Waals surface area contributed by atoms with Crippen molar-refractivity contribution in [2.45, 2.75) is 6.92 Å². The van der Waals surface area contributed by atoms with Crippen molar-refractivity contribution in [1.29, 1.82) is 0 Å². The summed E-state index contributed by atoms with van der Waals surface area (Å²) in [5.41, 5.74) is 6.94. The molecule has 1 amide bonds. The normalized spacial score (nSPS) is 10.5. The van der Waals surface area contributed by atoms with Crippen molar-refractivity contribution < 1.29 is 9.53 Å². The van der Waals surface area contributed by atoms with Crippen molar-refractivity contribution in [3.05, 3.63) is 60.4 Å². The van der Waals surface area contributed by atoms with Crippen LogP contribution in [-0.2, 0) is 0 Å². The lowest BCUT2D eigenvalue weighted by Gasteiger charge is -2.07. The SMILES string of the molecule is CCOc1ccc(-n2nc(C(N)=O)nc2-c2ccccc2)cc1. The number of aromatic nitrogens is 3. The first-order valence-corrected chi connectivity index (χ1v) is 7.24. The molecule has 2 aromatic carbocycles. The molecule has 0 fully saturated rings. The Hall–Kier alpha value is -3.15. The van der Waals surface area contributed by atoms with Gasteiger partial charge in [0.05, 0.1) is 12.3 Å². The van der Waals surface area contributed by atoms with E-state index in [1.54, 1.807) is 4.68 Å². The first-order valence-electron chi connectivity index (χ1n) is 7.24. The molecule has 0 saturated heterocycles. The largest absolute Gasteiger partial charge is 0.494 e. The molecule has 0 aliphatic carbocycles. The Balaban J connectivity index is 2.08. The summed E-state index contributed by atoms with van der Waals surface area (Å²) in [5.74, 6) is 0.654. The third kappa shape index (κ3) is 3.06. The molecular weight excluding hydrogens is 292 g/mol. The zero-order valence-corrected chi connectivity index (χ0v) is 12.6. The number of benzene rings is 2. The molecule has 116 valence electrons. The monoisotopic (exact) mass is 308 g/mol. The average Bonchev–Trinajstić information content (AvgIpc) is 3.02. The minimum absolute atomic E-state index is 0.0160. The van der Waals surface area contributed by atoms with Crippen LogP contribution in [-0.4, -0.2) is 27.3 Å². The van der Waals surface area contributed by atoms with E-state index in [4.69, 9.17) is 10.5 Å². The van der Waals surface area contributed by atoms with Gasteiger partial charge in [0, 0.05) is 5.56 Å². The quantitative estimate of drug-likeness (QED) is 0.784. The molecule has 6 nitrogen and oxygen atoms in total. The van der Waals surface area contributed by atoms with E-state index < -0.39 is 5.91 Å². The number of hydrogen-bond donors (Lipinski definition) is 1. The number of ether oxygens (including phenoxy) is 1. The van der Waals surface area contributed by atoms with Crippen molar-refractivity contribution >= 4 is 5.91 Å². The zero-order chi connectivity index (χ0) is 16.2. The number of hydrogen-bond acceptors (Lipinski definition) is 4. The molecule has 3 aromatic rings. The standard InChI is InChI=1S/C17H16N4O2/c1-2-23-14-10-8-13(9-11-14)21-17(12-6-4-3-5-7-12)19-16(20-21)15(18)22/h3-11H,2H2,1H3,(H2,18,22). The Morgan fingerprint density at radius 1 is 1.13 bits per heavy atom. The number of nitrogens with zero attached hydrogens (tertiary/aromatic N) is 3. The van der Waals surface area contributed by atoms with Crippen LogP contribution in [0.15, 0.2) is 54.6 Å². The van der Waals surface area contributed by atoms with Crippen LogP contribution < -0.4 is 10.5 Å². The second-order valence-corrected chi connectivity index (χ2v) is 4.83. The van der Waals surface area contributed by atoms with E-state index in [0.717, 1.165) is 17.0 Å². The highest BCUT2D eigenvalue weighted by Gasteiger charge is 2.16. The molecule has 0 spiro atoms. The molecule has 0 saturated carbocycles. The summed E-state index contributed by atoms with van der Waals surface area (Å²) in [4.78, 5) is 15.7. The average molecular weight is 308 g/mol. The minimum atomic E-state index is -0.660. The molecule has 0 aliphatic rings. The van der Waals surface area contributed by atoms with Crippen LogP contribution >= 0.6 is 0 Å². The molecule has 0 unspecified atom stereocenters. The number of amides is 1. The van der Waals surface area contributed by atoms with E-state index >= 15 is 0 Å². The summed E-state index contributed by atoms with van der Waals surface area (Å²) < 4.78 is 7.04. The molecule has 1 heterocycles. The van der Waals surface area contributed by atoms with Gasteiger partial charge in [0.15, 0.2) is 5.82 Å². The van der Waals surface area contributed by atoms with E-state index in [0.29, 0.717) is 12.4 Å². The summed E-state index contributed by atoms with van der Waals surface area (Å²) in [6.45, 7) is 2.53. The molecule has 3 rings (SSSR count). The lowest BCUT2D eigenvalue weighted by atomic mass is 10.2. The fraction of sp³-hybridized carbons (Fsp3) is 0.118. The summed E-state index contributed by atoms with van der Waals surface area (Å²) >= 11 is 0. The third-order valence-electron chi connectivity index (χ3n) is 3.25. The molecule has 2 N–H and O–H groups in total. The molecule has 6 heteroatoms. The van der Waals surface area contributed by atoms with Crippen molar-refractivity contribution in [2.24, 2.45) is 5.73 Å². The van der Waals surface area contributed by atoms with Crippen molar-refractivity contribution in [1.82, 2.24) is 14.8 Å². The molecule has 0 bridgehead atoms. The van der Waals surface area contributed by atoms with Gasteiger partial charge >= 0.3 is 0 Å². The van der Waals surface area contributed by atoms with Gasteiger partial charge in [-0.2, -0.15) is 0 Å². The summed E-state index contributed by atoms with van der Waals surface area (Å²) in [6, 6.07) is 16.9. The van der Waals surface area contributed by atoms with Gasteiger partial charge in [-0.05, 0) is 31.2 Å². The fourth-order valence-corrected chi connectivity index (χ4v) is 2.22. The second kappa shape index (κ2) is 6.31. The van der Waals surface area contributed by atoms with Gasteiger partial charge in [0.25, 0.3) is 5.91 Å². The number of nitrogens with two attached hydrogens (primary N) is 1. The lowest BCUT2D eigenvalue weighted by Crippen LogP contribution is -2.13. The highest BCUT2D eigenvalue weighted by atomic mass is 16.5. The van der Waals surface area contributed by atoms with E-state index in [1.807, 2.05) is 61.5 Å². The Labute approximate surface area is 133 Å². The number of carbonyl (C=O) groups is 1. The lowest BCUT2D eigenvalue weighted by molar-refractivity contribution is 0.0990. The van der Waals surface area contributed by atoms with Gasteiger partial charge in [-0.3, -0.25) is 4.79 Å². The number of rotatable bonds is 5. The van der Waals surface area contributed by atoms with Crippen LogP contribution in [0.25, 0.3) is 17.1 Å². The molecule has 0 radical (unpaired) electrons. The van der Waals surface area contributed by atoms with Crippen molar-refractivity contribution in [3.8, 4) is 22.8 Å². The molecule has 0 atom stereocenters. The van der Waals surface area contributed by atoms with Crippen molar-refractivity contribution in [2.75, 3.05) is 6.61 Å². The van der Waals surface area contributed by atoms with E-state index in [-0.39, 0.29) is 5.82 Å². The van der Waals surface area contributed by atoms with Gasteiger partial charge in [-0.15, -0.1) is 5.10 Å². The summed E-state index contributed by atoms with van der Waals surface area (Å²) in [7, 11) is 0. The topological polar surface area (TPSA) is 83.0 Å². The molecular formula is C17H16N4O2.